The van der Waals surface area contributed by atoms with E-state index >= 15 is 0 Å². The van der Waals surface area contributed by atoms with Crippen LogP contribution in [0.4, 0.5) is 5.69 Å². The zero-order valence-electron chi connectivity index (χ0n) is 13.4. The number of aromatic carboxylic acids is 1. The summed E-state index contributed by atoms with van der Waals surface area (Å²) in [6.45, 7) is 1.94. The molecule has 0 atom stereocenters. The van der Waals surface area contributed by atoms with Gasteiger partial charge in [-0.25, -0.2) is 4.79 Å². The summed E-state index contributed by atoms with van der Waals surface area (Å²) in [5.41, 5.74) is 3.91. The average molecular weight is 311 g/mol. The van der Waals surface area contributed by atoms with Crippen LogP contribution < -0.4 is 10.0 Å². The van der Waals surface area contributed by atoms with Crippen LogP contribution in [0.15, 0.2) is 35.3 Å². The van der Waals surface area contributed by atoms with Crippen LogP contribution >= 0.6 is 0 Å². The van der Waals surface area contributed by atoms with Crippen LogP contribution in [-0.4, -0.2) is 30.2 Å². The monoisotopic (exact) mass is 311 g/mol. The third-order valence-corrected chi connectivity index (χ3v) is 4.30. The van der Waals surface area contributed by atoms with Crippen molar-refractivity contribution in [2.45, 2.75) is 13.3 Å². The fourth-order valence-electron chi connectivity index (χ4n) is 2.95. The molecule has 1 aliphatic rings. The number of hydrogen-bond donors (Lipinski definition) is 2. The minimum atomic E-state index is -1.21. The summed E-state index contributed by atoms with van der Waals surface area (Å²) < 4.78 is 0.641. The number of aromatic amines is 1. The maximum atomic E-state index is 12.0. The Morgan fingerprint density at radius 3 is 2.65 bits per heavy atom. The number of nitrogens with one attached hydrogen (secondary N) is 1. The smallest absolute Gasteiger partial charge is 0.341 e. The molecule has 5 heteroatoms. The molecule has 2 aromatic rings. The Bertz CT molecular complexity index is 892. The first-order chi connectivity index (χ1) is 10.8. The molecule has 0 spiro atoms. The van der Waals surface area contributed by atoms with E-state index in [9.17, 15) is 9.59 Å². The van der Waals surface area contributed by atoms with Gasteiger partial charge in [0, 0.05) is 23.3 Å². The number of pyridine rings is 1. The molecule has 1 aromatic carbocycles. The van der Waals surface area contributed by atoms with Gasteiger partial charge in [-0.2, -0.15) is 0 Å². The quantitative estimate of drug-likeness (QED) is 0.856. The first-order valence-corrected chi connectivity index (χ1v) is 7.51. The number of aryl methyl sites for hydroxylation is 1. The maximum absolute atomic E-state index is 12.0. The fraction of sp³-hybridized carbons (Fsp3) is 0.222. The van der Waals surface area contributed by atoms with Crippen LogP contribution in [0.1, 0.15) is 28.4 Å². The lowest BCUT2D eigenvalue weighted by Crippen LogP contribution is -2.31. The van der Waals surface area contributed by atoms with Crippen molar-refractivity contribution in [3.8, 4) is 11.3 Å². The van der Waals surface area contributed by atoms with E-state index in [0.717, 1.165) is 22.4 Å². The topological polar surface area (TPSA) is 70.2 Å². The number of fused-ring (bicyclic) bond motifs is 1. The van der Waals surface area contributed by atoms with Crippen molar-refractivity contribution in [2.24, 2.45) is 0 Å². The van der Waals surface area contributed by atoms with Crippen molar-refractivity contribution < 1.29 is 9.90 Å². The van der Waals surface area contributed by atoms with E-state index in [1.165, 1.54) is 6.07 Å². The highest BCUT2D eigenvalue weighted by Gasteiger charge is 2.26. The van der Waals surface area contributed by atoms with Crippen LogP contribution in [0.3, 0.4) is 0 Å². The lowest BCUT2D eigenvalue weighted by atomic mass is 10.00. The van der Waals surface area contributed by atoms with Gasteiger partial charge in [0.05, 0.1) is 19.8 Å². The summed E-state index contributed by atoms with van der Waals surface area (Å²) >= 11 is 0. The van der Waals surface area contributed by atoms with Crippen LogP contribution in [0.25, 0.3) is 17.3 Å². The van der Waals surface area contributed by atoms with Gasteiger partial charge in [-0.15, -0.1) is 0 Å². The molecular formula is C18H19N2O3+. The van der Waals surface area contributed by atoms with Crippen molar-refractivity contribution in [2.75, 3.05) is 14.1 Å². The highest BCUT2D eigenvalue weighted by atomic mass is 16.4. The number of rotatable bonds is 3. The molecule has 0 radical (unpaired) electrons. The Balaban J connectivity index is 2.19. The lowest BCUT2D eigenvalue weighted by molar-refractivity contribution is 0.0695. The summed E-state index contributed by atoms with van der Waals surface area (Å²) in [5.74, 6) is -1.21. The number of hydrogen-bond acceptors (Lipinski definition) is 2. The number of carbonyl (C=O) groups is 1. The standard InChI is InChI=1S/C18H18N2O3/c1-4-11-9-14(18(22)23)17(21)19-16(11)13-6-5-12-7-8-20(2,3)15(12)10-13/h5-10H,4H2,1-3H3,(H-,19,21,22,23)/p+1. The van der Waals surface area contributed by atoms with Gasteiger partial charge in [0.1, 0.15) is 17.5 Å². The Morgan fingerprint density at radius 2 is 2.00 bits per heavy atom. The van der Waals surface area contributed by atoms with Crippen molar-refractivity contribution >= 4 is 17.7 Å². The van der Waals surface area contributed by atoms with E-state index in [4.69, 9.17) is 5.11 Å². The molecule has 23 heavy (non-hydrogen) atoms. The van der Waals surface area contributed by atoms with E-state index < -0.39 is 11.5 Å². The highest BCUT2D eigenvalue weighted by Crippen LogP contribution is 2.36. The third-order valence-electron chi connectivity index (χ3n) is 4.30. The van der Waals surface area contributed by atoms with Crippen LogP contribution in [0.5, 0.6) is 0 Å². The SMILES string of the molecule is CCc1cc(C(=O)O)c(=O)[nH]c1-c1ccc2c(c1)[N+](C)(C)C=C2. The largest absolute Gasteiger partial charge is 0.477 e. The number of carboxylic acids is 1. The molecule has 0 fully saturated rings. The molecule has 0 bridgehead atoms. The Kier molecular flexibility index (Phi) is 3.45. The van der Waals surface area contributed by atoms with Gasteiger partial charge >= 0.3 is 5.97 Å². The molecule has 2 N–H and O–H groups in total. The molecule has 0 saturated carbocycles. The maximum Gasteiger partial charge on any atom is 0.341 e. The second-order valence-electron chi connectivity index (χ2n) is 6.20. The molecule has 0 saturated heterocycles. The number of aromatic nitrogens is 1. The predicted molar refractivity (Wildman–Crippen MR) is 91.5 cm³/mol. The van der Waals surface area contributed by atoms with E-state index in [0.29, 0.717) is 16.6 Å². The molecule has 5 nitrogen and oxygen atoms in total. The number of carboxylic acid groups (broad SMARTS) is 1. The predicted octanol–water partition coefficient (Wildman–Crippen LogP) is 2.85. The number of quaternary nitrogens is 1. The Labute approximate surface area is 134 Å². The lowest BCUT2D eigenvalue weighted by Gasteiger charge is -2.22. The zero-order chi connectivity index (χ0) is 16.8. The van der Waals surface area contributed by atoms with E-state index in [-0.39, 0.29) is 5.56 Å². The third kappa shape index (κ3) is 2.49. The fourth-order valence-corrected chi connectivity index (χ4v) is 2.95. The van der Waals surface area contributed by atoms with Gasteiger partial charge in [0.15, 0.2) is 0 Å². The molecule has 2 heterocycles. The summed E-state index contributed by atoms with van der Waals surface area (Å²) in [5, 5.41) is 9.11. The molecule has 0 aliphatic carbocycles. The van der Waals surface area contributed by atoms with Crippen LogP contribution in [0, 0.1) is 0 Å². The van der Waals surface area contributed by atoms with Gasteiger partial charge in [-0.05, 0) is 24.1 Å². The van der Waals surface area contributed by atoms with Crippen molar-refractivity contribution in [3.63, 3.8) is 0 Å². The van der Waals surface area contributed by atoms with Crippen molar-refractivity contribution in [1.29, 1.82) is 0 Å². The number of H-pyrrole nitrogens is 1. The molecule has 118 valence electrons. The van der Waals surface area contributed by atoms with Gasteiger partial charge in [-0.1, -0.05) is 13.0 Å². The van der Waals surface area contributed by atoms with Gasteiger partial charge in [0.25, 0.3) is 5.56 Å². The highest BCUT2D eigenvalue weighted by molar-refractivity contribution is 5.88. The normalized spacial score (nSPS) is 14.7. The molecule has 3 rings (SSSR count). The average Bonchev–Trinajstić information content (AvgIpc) is 2.81. The molecule has 1 aromatic heterocycles. The van der Waals surface area contributed by atoms with Gasteiger partial charge in [-0.3, -0.25) is 9.28 Å². The Hall–Kier alpha value is -2.66. The first kappa shape index (κ1) is 15.2. The second-order valence-corrected chi connectivity index (χ2v) is 6.20. The van der Waals surface area contributed by atoms with Gasteiger partial charge < -0.3 is 10.1 Å². The summed E-state index contributed by atoms with van der Waals surface area (Å²) in [7, 11) is 4.17. The number of benzene rings is 1. The zero-order valence-corrected chi connectivity index (χ0v) is 13.4. The molecule has 1 aliphatic heterocycles. The van der Waals surface area contributed by atoms with Crippen LogP contribution in [0.2, 0.25) is 0 Å². The van der Waals surface area contributed by atoms with Crippen molar-refractivity contribution in [1.82, 2.24) is 9.47 Å². The first-order valence-electron chi connectivity index (χ1n) is 7.51. The Morgan fingerprint density at radius 1 is 1.26 bits per heavy atom. The number of nitrogens with zero attached hydrogens (tertiary/aromatic N) is 1. The van der Waals surface area contributed by atoms with E-state index in [1.807, 2.05) is 19.1 Å². The molecule has 0 amide bonds. The summed E-state index contributed by atoms with van der Waals surface area (Å²) in [6.07, 6.45) is 4.82. The van der Waals surface area contributed by atoms with E-state index in [2.05, 4.69) is 37.4 Å². The minimum Gasteiger partial charge on any atom is -0.477 e. The summed E-state index contributed by atoms with van der Waals surface area (Å²) in [6, 6.07) is 7.51. The summed E-state index contributed by atoms with van der Waals surface area (Å²) in [4.78, 5) is 25.9. The van der Waals surface area contributed by atoms with Crippen molar-refractivity contribution in [3.05, 3.63) is 57.5 Å². The van der Waals surface area contributed by atoms with Gasteiger partial charge in [0.2, 0.25) is 0 Å². The molecule has 0 unspecified atom stereocenters. The molecular weight excluding hydrogens is 292 g/mol. The van der Waals surface area contributed by atoms with Crippen LogP contribution in [-0.2, 0) is 6.42 Å². The second kappa shape index (κ2) is 5.21. The minimum absolute atomic E-state index is 0.218. The van der Waals surface area contributed by atoms with E-state index in [1.54, 1.807) is 0 Å².